The summed E-state index contributed by atoms with van der Waals surface area (Å²) in [6, 6.07) is 9.22. The van der Waals surface area contributed by atoms with Crippen LogP contribution in [0.5, 0.6) is 0 Å². The van der Waals surface area contributed by atoms with Crippen molar-refractivity contribution in [1.82, 2.24) is 5.32 Å². The summed E-state index contributed by atoms with van der Waals surface area (Å²) >= 11 is 7.13. The van der Waals surface area contributed by atoms with Gasteiger partial charge < -0.3 is 5.32 Å². The van der Waals surface area contributed by atoms with Gasteiger partial charge in [-0.25, -0.2) is 4.39 Å². The highest BCUT2D eigenvalue weighted by molar-refractivity contribution is 9.10. The molecule has 108 valence electrons. The van der Waals surface area contributed by atoms with E-state index in [1.807, 2.05) is 12.1 Å². The molecular weight excluding hydrogens is 357 g/mol. The SMILES string of the molecule is CCNC(CSc1ccc(F)cc1)Cc1sccc1Br. The fourth-order valence-electron chi connectivity index (χ4n) is 1.90. The Labute approximate surface area is 136 Å². The van der Waals surface area contributed by atoms with Gasteiger partial charge in [0.05, 0.1) is 0 Å². The summed E-state index contributed by atoms with van der Waals surface area (Å²) in [7, 11) is 0. The van der Waals surface area contributed by atoms with Gasteiger partial charge in [-0.2, -0.15) is 0 Å². The average Bonchev–Trinajstić information content (AvgIpc) is 2.84. The Kier molecular flexibility index (Phi) is 6.55. The highest BCUT2D eigenvalue weighted by atomic mass is 79.9. The molecule has 0 aliphatic carbocycles. The molecule has 0 amide bonds. The predicted molar refractivity (Wildman–Crippen MR) is 90.3 cm³/mol. The molecule has 2 rings (SSSR count). The number of hydrogen-bond donors (Lipinski definition) is 1. The van der Waals surface area contributed by atoms with Crippen LogP contribution in [0.1, 0.15) is 11.8 Å². The van der Waals surface area contributed by atoms with Crippen molar-refractivity contribution in [2.45, 2.75) is 24.3 Å². The zero-order valence-electron chi connectivity index (χ0n) is 11.2. The molecule has 0 radical (unpaired) electrons. The van der Waals surface area contributed by atoms with Crippen LogP contribution in [0.3, 0.4) is 0 Å². The van der Waals surface area contributed by atoms with E-state index < -0.39 is 0 Å². The summed E-state index contributed by atoms with van der Waals surface area (Å²) in [6.45, 7) is 3.08. The molecule has 0 bridgehead atoms. The maximum atomic E-state index is 12.9. The third kappa shape index (κ3) is 4.88. The van der Waals surface area contributed by atoms with Gasteiger partial charge >= 0.3 is 0 Å². The lowest BCUT2D eigenvalue weighted by molar-refractivity contribution is 0.575. The molecule has 0 saturated carbocycles. The first kappa shape index (κ1) is 16.0. The Bertz CT molecular complexity index is 527. The van der Waals surface area contributed by atoms with Gasteiger partial charge in [0.15, 0.2) is 0 Å². The van der Waals surface area contributed by atoms with Gasteiger partial charge in [-0.3, -0.25) is 0 Å². The lowest BCUT2D eigenvalue weighted by atomic mass is 10.2. The fourth-order valence-corrected chi connectivity index (χ4v) is 4.45. The second kappa shape index (κ2) is 8.17. The summed E-state index contributed by atoms with van der Waals surface area (Å²) in [6.07, 6.45) is 1.01. The molecule has 5 heteroatoms. The molecule has 1 N–H and O–H groups in total. The van der Waals surface area contributed by atoms with Crippen molar-refractivity contribution in [3.8, 4) is 0 Å². The normalized spacial score (nSPS) is 12.6. The zero-order valence-corrected chi connectivity index (χ0v) is 14.5. The van der Waals surface area contributed by atoms with E-state index in [-0.39, 0.29) is 5.82 Å². The Morgan fingerprint density at radius 3 is 2.65 bits per heavy atom. The molecule has 0 aliphatic rings. The summed E-state index contributed by atoms with van der Waals surface area (Å²) in [5.74, 6) is 0.796. The molecular formula is C15H17BrFNS2. The minimum atomic E-state index is -0.180. The first-order chi connectivity index (χ1) is 9.69. The van der Waals surface area contributed by atoms with E-state index in [1.165, 1.54) is 21.5 Å². The Hall–Kier alpha value is -0.360. The number of halogens is 2. The molecule has 20 heavy (non-hydrogen) atoms. The quantitative estimate of drug-likeness (QED) is 0.688. The van der Waals surface area contributed by atoms with Crippen molar-refractivity contribution in [2.24, 2.45) is 0 Å². The van der Waals surface area contributed by atoms with E-state index in [0.717, 1.165) is 23.6 Å². The highest BCUT2D eigenvalue weighted by Gasteiger charge is 2.12. The van der Waals surface area contributed by atoms with Gasteiger partial charge in [0, 0.05) is 26.0 Å². The minimum absolute atomic E-state index is 0.180. The molecule has 1 heterocycles. The van der Waals surface area contributed by atoms with Crippen LogP contribution in [0.25, 0.3) is 0 Å². The van der Waals surface area contributed by atoms with Crippen molar-refractivity contribution in [1.29, 1.82) is 0 Å². The monoisotopic (exact) mass is 373 g/mol. The van der Waals surface area contributed by atoms with Crippen LogP contribution in [-0.2, 0) is 6.42 Å². The van der Waals surface area contributed by atoms with Gasteiger partial charge in [-0.15, -0.1) is 23.1 Å². The Morgan fingerprint density at radius 2 is 2.05 bits per heavy atom. The number of benzene rings is 1. The van der Waals surface area contributed by atoms with Crippen molar-refractivity contribution in [2.75, 3.05) is 12.3 Å². The second-order valence-corrected chi connectivity index (χ2v) is 7.36. The van der Waals surface area contributed by atoms with Gasteiger partial charge in [0.2, 0.25) is 0 Å². The molecule has 0 saturated heterocycles. The summed E-state index contributed by atoms with van der Waals surface area (Å²) in [5, 5.41) is 5.63. The Morgan fingerprint density at radius 1 is 1.30 bits per heavy atom. The van der Waals surface area contributed by atoms with E-state index in [1.54, 1.807) is 23.1 Å². The maximum absolute atomic E-state index is 12.9. The molecule has 1 aromatic carbocycles. The number of likely N-dealkylation sites (N-methyl/N-ethyl adjacent to an activating group) is 1. The standard InChI is InChI=1S/C15H17BrFNS2/c1-2-18-12(9-15-14(16)7-8-19-15)10-20-13-5-3-11(17)4-6-13/h3-8,12,18H,2,9-10H2,1H3. The van der Waals surface area contributed by atoms with Crippen molar-refractivity contribution in [3.63, 3.8) is 0 Å². The molecule has 0 aliphatic heterocycles. The lowest BCUT2D eigenvalue weighted by Gasteiger charge is -2.17. The van der Waals surface area contributed by atoms with E-state index in [9.17, 15) is 4.39 Å². The van der Waals surface area contributed by atoms with Gasteiger partial charge in [0.1, 0.15) is 5.82 Å². The summed E-state index contributed by atoms with van der Waals surface area (Å²) in [5.41, 5.74) is 0. The average molecular weight is 374 g/mol. The van der Waals surface area contributed by atoms with Crippen LogP contribution >= 0.6 is 39.0 Å². The van der Waals surface area contributed by atoms with Gasteiger partial charge in [0.25, 0.3) is 0 Å². The van der Waals surface area contributed by atoms with Crippen LogP contribution in [-0.4, -0.2) is 18.3 Å². The third-order valence-corrected chi connectivity index (χ3v) is 6.00. The fraction of sp³-hybridized carbons (Fsp3) is 0.333. The molecule has 1 nitrogen and oxygen atoms in total. The lowest BCUT2D eigenvalue weighted by Crippen LogP contribution is -2.33. The van der Waals surface area contributed by atoms with Gasteiger partial charge in [-0.1, -0.05) is 6.92 Å². The summed E-state index contributed by atoms with van der Waals surface area (Å²) in [4.78, 5) is 2.48. The van der Waals surface area contributed by atoms with E-state index in [2.05, 4.69) is 39.6 Å². The highest BCUT2D eigenvalue weighted by Crippen LogP contribution is 2.26. The number of thiophene rings is 1. The Balaban J connectivity index is 1.92. The van der Waals surface area contributed by atoms with Crippen molar-refractivity contribution >= 4 is 39.0 Å². The molecule has 1 aromatic heterocycles. The van der Waals surface area contributed by atoms with Crippen LogP contribution in [0.4, 0.5) is 4.39 Å². The van der Waals surface area contributed by atoms with Crippen molar-refractivity contribution < 1.29 is 4.39 Å². The number of hydrogen-bond acceptors (Lipinski definition) is 3. The molecule has 0 fully saturated rings. The minimum Gasteiger partial charge on any atom is -0.313 e. The molecule has 0 spiro atoms. The molecule has 1 atom stereocenters. The summed E-state index contributed by atoms with van der Waals surface area (Å²) < 4.78 is 14.1. The van der Waals surface area contributed by atoms with E-state index >= 15 is 0 Å². The topological polar surface area (TPSA) is 12.0 Å². The third-order valence-electron chi connectivity index (χ3n) is 2.88. The number of rotatable bonds is 7. The van der Waals surface area contributed by atoms with E-state index in [4.69, 9.17) is 0 Å². The van der Waals surface area contributed by atoms with Crippen molar-refractivity contribution in [3.05, 3.63) is 50.9 Å². The van der Waals surface area contributed by atoms with Crippen LogP contribution in [0, 0.1) is 5.82 Å². The smallest absolute Gasteiger partial charge is 0.123 e. The maximum Gasteiger partial charge on any atom is 0.123 e. The second-order valence-electron chi connectivity index (χ2n) is 4.42. The molecule has 1 unspecified atom stereocenters. The number of thioether (sulfide) groups is 1. The number of nitrogens with one attached hydrogen (secondary N) is 1. The largest absolute Gasteiger partial charge is 0.313 e. The predicted octanol–water partition coefficient (Wildman–Crippen LogP) is 4.96. The first-order valence-corrected chi connectivity index (χ1v) is 9.18. The first-order valence-electron chi connectivity index (χ1n) is 6.52. The molecule has 2 aromatic rings. The van der Waals surface area contributed by atoms with Crippen LogP contribution < -0.4 is 5.32 Å². The van der Waals surface area contributed by atoms with Crippen LogP contribution in [0.2, 0.25) is 0 Å². The zero-order chi connectivity index (χ0) is 14.4. The van der Waals surface area contributed by atoms with E-state index in [0.29, 0.717) is 6.04 Å². The van der Waals surface area contributed by atoms with Crippen LogP contribution in [0.15, 0.2) is 45.1 Å². The van der Waals surface area contributed by atoms with Gasteiger partial charge in [-0.05, 0) is 64.6 Å².